The molecule has 132 valence electrons. The van der Waals surface area contributed by atoms with Gasteiger partial charge in [-0.2, -0.15) is 0 Å². The lowest BCUT2D eigenvalue weighted by atomic mass is 9.91. The fourth-order valence-corrected chi connectivity index (χ4v) is 3.64. The Kier molecular flexibility index (Phi) is 7.38. The van der Waals surface area contributed by atoms with Gasteiger partial charge in [-0.05, 0) is 57.3 Å². The number of esters is 2. The molecule has 0 amide bonds. The van der Waals surface area contributed by atoms with Gasteiger partial charge in [-0.25, -0.2) is 0 Å². The Balaban J connectivity index is 1.93. The molecule has 0 saturated heterocycles. The SMILES string of the molecule is CCC(C)C(C(=O)OC1CCCCC1)C(=O)OC1CCCCC1. The number of rotatable bonds is 6. The largest absolute Gasteiger partial charge is 0.462 e. The molecule has 4 heteroatoms. The van der Waals surface area contributed by atoms with Crippen LogP contribution < -0.4 is 0 Å². The zero-order valence-corrected chi connectivity index (χ0v) is 14.7. The number of hydrogen-bond donors (Lipinski definition) is 0. The molecule has 0 spiro atoms. The normalized spacial score (nSPS) is 21.9. The summed E-state index contributed by atoms with van der Waals surface area (Å²) in [4.78, 5) is 25.1. The fraction of sp³-hybridized carbons (Fsp3) is 0.895. The van der Waals surface area contributed by atoms with Crippen LogP contribution in [0.5, 0.6) is 0 Å². The number of carbonyl (C=O) groups excluding carboxylic acids is 2. The Morgan fingerprint density at radius 2 is 1.22 bits per heavy atom. The summed E-state index contributed by atoms with van der Waals surface area (Å²) in [6, 6.07) is 0. The average molecular weight is 324 g/mol. The third-order valence-electron chi connectivity index (χ3n) is 5.39. The van der Waals surface area contributed by atoms with Gasteiger partial charge in [0.05, 0.1) is 0 Å². The van der Waals surface area contributed by atoms with E-state index in [9.17, 15) is 9.59 Å². The monoisotopic (exact) mass is 324 g/mol. The van der Waals surface area contributed by atoms with Gasteiger partial charge < -0.3 is 9.47 Å². The molecule has 2 fully saturated rings. The molecule has 23 heavy (non-hydrogen) atoms. The molecule has 1 unspecified atom stereocenters. The Morgan fingerprint density at radius 1 is 0.826 bits per heavy atom. The van der Waals surface area contributed by atoms with Crippen molar-refractivity contribution in [2.75, 3.05) is 0 Å². The molecule has 0 bridgehead atoms. The molecule has 2 saturated carbocycles. The van der Waals surface area contributed by atoms with Crippen LogP contribution in [0.3, 0.4) is 0 Å². The highest BCUT2D eigenvalue weighted by Crippen LogP contribution is 2.27. The van der Waals surface area contributed by atoms with Crippen molar-refractivity contribution >= 4 is 11.9 Å². The maximum absolute atomic E-state index is 12.6. The first kappa shape index (κ1) is 18.3. The van der Waals surface area contributed by atoms with Crippen molar-refractivity contribution in [3.05, 3.63) is 0 Å². The molecule has 0 aromatic carbocycles. The number of ether oxygens (including phenoxy) is 2. The lowest BCUT2D eigenvalue weighted by molar-refractivity contribution is -0.172. The predicted octanol–water partition coefficient (Wildman–Crippen LogP) is 4.40. The van der Waals surface area contributed by atoms with Gasteiger partial charge in [0.2, 0.25) is 0 Å². The van der Waals surface area contributed by atoms with E-state index in [-0.39, 0.29) is 30.1 Å². The van der Waals surface area contributed by atoms with Gasteiger partial charge in [0, 0.05) is 0 Å². The van der Waals surface area contributed by atoms with Crippen LogP contribution in [-0.2, 0) is 19.1 Å². The van der Waals surface area contributed by atoms with Crippen molar-refractivity contribution < 1.29 is 19.1 Å². The van der Waals surface area contributed by atoms with Crippen LogP contribution in [-0.4, -0.2) is 24.1 Å². The Hall–Kier alpha value is -1.06. The van der Waals surface area contributed by atoms with Crippen LogP contribution in [0.25, 0.3) is 0 Å². The average Bonchev–Trinajstić information content (AvgIpc) is 2.56. The minimum absolute atomic E-state index is 0.00899. The Labute approximate surface area is 140 Å². The number of carbonyl (C=O) groups is 2. The molecule has 0 heterocycles. The second-order valence-electron chi connectivity index (χ2n) is 7.26. The van der Waals surface area contributed by atoms with Crippen LogP contribution in [0.2, 0.25) is 0 Å². The van der Waals surface area contributed by atoms with E-state index in [1.807, 2.05) is 13.8 Å². The van der Waals surface area contributed by atoms with E-state index >= 15 is 0 Å². The maximum Gasteiger partial charge on any atom is 0.320 e. The quantitative estimate of drug-likeness (QED) is 0.537. The highest BCUT2D eigenvalue weighted by Gasteiger charge is 2.37. The minimum atomic E-state index is -0.760. The van der Waals surface area contributed by atoms with Crippen molar-refractivity contribution in [3.63, 3.8) is 0 Å². The van der Waals surface area contributed by atoms with Crippen LogP contribution >= 0.6 is 0 Å². The first-order chi connectivity index (χ1) is 11.1. The van der Waals surface area contributed by atoms with Crippen molar-refractivity contribution in [3.8, 4) is 0 Å². The third-order valence-corrected chi connectivity index (χ3v) is 5.39. The van der Waals surface area contributed by atoms with Crippen LogP contribution in [0.15, 0.2) is 0 Å². The van der Waals surface area contributed by atoms with Crippen LogP contribution in [0.1, 0.15) is 84.5 Å². The molecule has 0 N–H and O–H groups in total. The topological polar surface area (TPSA) is 52.6 Å². The van der Waals surface area contributed by atoms with E-state index < -0.39 is 5.92 Å². The van der Waals surface area contributed by atoms with Gasteiger partial charge in [-0.3, -0.25) is 9.59 Å². The molecule has 0 aromatic rings. The van der Waals surface area contributed by atoms with Gasteiger partial charge in [0.15, 0.2) is 5.92 Å². The summed E-state index contributed by atoms with van der Waals surface area (Å²) in [5.74, 6) is -1.54. The third kappa shape index (κ3) is 5.50. The second-order valence-corrected chi connectivity index (χ2v) is 7.26. The summed E-state index contributed by atoms with van der Waals surface area (Å²) in [6.07, 6.45) is 11.3. The first-order valence-corrected chi connectivity index (χ1v) is 9.52. The maximum atomic E-state index is 12.6. The summed E-state index contributed by atoms with van der Waals surface area (Å²) < 4.78 is 11.3. The highest BCUT2D eigenvalue weighted by atomic mass is 16.6. The summed E-state index contributed by atoms with van der Waals surface area (Å²) in [7, 11) is 0. The van der Waals surface area contributed by atoms with Crippen molar-refractivity contribution in [1.82, 2.24) is 0 Å². The Morgan fingerprint density at radius 3 is 1.57 bits per heavy atom. The zero-order chi connectivity index (χ0) is 16.7. The van der Waals surface area contributed by atoms with E-state index in [1.54, 1.807) is 0 Å². The molecule has 0 aliphatic heterocycles. The zero-order valence-electron chi connectivity index (χ0n) is 14.7. The summed E-state index contributed by atoms with van der Waals surface area (Å²) in [5, 5.41) is 0. The molecule has 0 radical (unpaired) electrons. The fourth-order valence-electron chi connectivity index (χ4n) is 3.64. The van der Waals surface area contributed by atoms with Gasteiger partial charge in [-0.15, -0.1) is 0 Å². The molecule has 2 aliphatic carbocycles. The molecule has 2 aliphatic rings. The smallest absolute Gasteiger partial charge is 0.320 e. The lowest BCUT2D eigenvalue weighted by Crippen LogP contribution is -2.37. The van der Waals surface area contributed by atoms with Gasteiger partial charge in [0.1, 0.15) is 12.2 Å². The molecular weight excluding hydrogens is 292 g/mol. The molecule has 1 atom stereocenters. The minimum Gasteiger partial charge on any atom is -0.462 e. The van der Waals surface area contributed by atoms with Crippen molar-refractivity contribution in [2.45, 2.75) is 96.7 Å². The highest BCUT2D eigenvalue weighted by molar-refractivity contribution is 5.95. The van der Waals surface area contributed by atoms with E-state index in [0.717, 1.165) is 57.8 Å². The van der Waals surface area contributed by atoms with Crippen LogP contribution in [0.4, 0.5) is 0 Å². The van der Waals surface area contributed by atoms with Gasteiger partial charge >= 0.3 is 11.9 Å². The van der Waals surface area contributed by atoms with Crippen molar-refractivity contribution in [2.24, 2.45) is 11.8 Å². The van der Waals surface area contributed by atoms with E-state index in [0.29, 0.717) is 0 Å². The first-order valence-electron chi connectivity index (χ1n) is 9.52. The van der Waals surface area contributed by atoms with Gasteiger partial charge in [0.25, 0.3) is 0 Å². The Bertz CT molecular complexity index is 349. The summed E-state index contributed by atoms with van der Waals surface area (Å²) in [5.41, 5.74) is 0. The lowest BCUT2D eigenvalue weighted by Gasteiger charge is -2.28. The summed E-state index contributed by atoms with van der Waals surface area (Å²) in [6.45, 7) is 3.94. The van der Waals surface area contributed by atoms with E-state index in [1.165, 1.54) is 12.8 Å². The van der Waals surface area contributed by atoms with Crippen molar-refractivity contribution in [1.29, 1.82) is 0 Å². The molecule has 0 aromatic heterocycles. The molecule has 2 rings (SSSR count). The standard InChI is InChI=1S/C19H32O4/c1-3-14(2)17(18(20)22-15-10-6-4-7-11-15)19(21)23-16-12-8-5-9-13-16/h14-17H,3-13H2,1-2H3. The van der Waals surface area contributed by atoms with E-state index in [2.05, 4.69) is 0 Å². The molecule has 4 nitrogen and oxygen atoms in total. The van der Waals surface area contributed by atoms with Gasteiger partial charge in [-0.1, -0.05) is 33.1 Å². The van der Waals surface area contributed by atoms with Crippen LogP contribution in [0, 0.1) is 11.8 Å². The molecular formula is C19H32O4. The number of hydrogen-bond acceptors (Lipinski definition) is 4. The predicted molar refractivity (Wildman–Crippen MR) is 88.9 cm³/mol. The van der Waals surface area contributed by atoms with E-state index in [4.69, 9.17) is 9.47 Å². The summed E-state index contributed by atoms with van der Waals surface area (Å²) >= 11 is 0. The second kappa shape index (κ2) is 9.29.